The molecule has 8 heteroatoms. The number of fused-ring (bicyclic) bond motifs is 1. The van der Waals surface area contributed by atoms with Gasteiger partial charge in [-0.2, -0.15) is 4.31 Å². The number of benzene rings is 2. The third-order valence-corrected chi connectivity index (χ3v) is 7.49. The second-order valence-electron chi connectivity index (χ2n) is 7.31. The number of carbonyl (C=O) groups is 1. The van der Waals surface area contributed by atoms with Gasteiger partial charge >= 0.3 is 0 Å². The summed E-state index contributed by atoms with van der Waals surface area (Å²) in [6, 6.07) is 10.5. The second kappa shape index (κ2) is 7.85. The Bertz CT molecular complexity index is 1030. The molecule has 0 radical (unpaired) electrons. The Hall–Kier alpha value is -2.29. The molecular formula is C21H23FN2O4S. The molecule has 2 heterocycles. The van der Waals surface area contributed by atoms with E-state index < -0.39 is 10.0 Å². The molecule has 0 aliphatic carbocycles. The number of sulfonamides is 1. The fraction of sp³-hybridized carbons (Fsp3) is 0.381. The highest BCUT2D eigenvalue weighted by atomic mass is 32.2. The van der Waals surface area contributed by atoms with E-state index in [9.17, 15) is 17.6 Å². The molecule has 0 spiro atoms. The zero-order valence-corrected chi connectivity index (χ0v) is 17.0. The van der Waals surface area contributed by atoms with Gasteiger partial charge in [0.25, 0.3) is 5.91 Å². The van der Waals surface area contributed by atoms with Crippen molar-refractivity contribution in [2.75, 3.05) is 32.8 Å². The first-order valence-corrected chi connectivity index (χ1v) is 11.1. The molecule has 154 valence electrons. The van der Waals surface area contributed by atoms with E-state index in [0.717, 1.165) is 11.1 Å². The lowest BCUT2D eigenvalue weighted by molar-refractivity contribution is 0.0676. The molecule has 0 N–H and O–H groups in total. The van der Waals surface area contributed by atoms with E-state index in [2.05, 4.69) is 0 Å². The van der Waals surface area contributed by atoms with Gasteiger partial charge in [-0.15, -0.1) is 0 Å². The maximum absolute atomic E-state index is 13.7. The van der Waals surface area contributed by atoms with Crippen molar-refractivity contribution in [1.82, 2.24) is 9.21 Å². The standard InChI is InChI=1S/C21H23FN2O4S/c1-15-20-14-18(22)6-5-16(20)7-8-24(15)21(25)17-3-2-4-19(13-17)29(26,27)23-9-11-28-12-10-23/h2-6,13-15H,7-12H2,1H3. The average Bonchev–Trinajstić information content (AvgIpc) is 2.75. The SMILES string of the molecule is CC1c2cc(F)ccc2CCN1C(=O)c1cccc(S(=O)(=O)N2CCOCC2)c1. The van der Waals surface area contributed by atoms with Gasteiger partial charge in [-0.1, -0.05) is 12.1 Å². The normalized spacial score (nSPS) is 20.3. The van der Waals surface area contributed by atoms with E-state index in [1.165, 1.54) is 28.6 Å². The van der Waals surface area contributed by atoms with E-state index in [1.807, 2.05) is 6.92 Å². The Balaban J connectivity index is 1.61. The molecule has 1 amide bonds. The minimum absolute atomic E-state index is 0.0985. The van der Waals surface area contributed by atoms with Crippen LogP contribution in [0.2, 0.25) is 0 Å². The molecule has 6 nitrogen and oxygen atoms in total. The van der Waals surface area contributed by atoms with Crippen molar-refractivity contribution in [3.63, 3.8) is 0 Å². The smallest absolute Gasteiger partial charge is 0.254 e. The molecule has 2 aliphatic rings. The molecule has 2 aromatic rings. The fourth-order valence-electron chi connectivity index (χ4n) is 3.95. The highest BCUT2D eigenvalue weighted by Crippen LogP contribution is 2.31. The van der Waals surface area contributed by atoms with Crippen LogP contribution in [-0.2, 0) is 21.2 Å². The zero-order valence-electron chi connectivity index (χ0n) is 16.2. The van der Waals surface area contributed by atoms with E-state index >= 15 is 0 Å². The average molecular weight is 418 g/mol. The van der Waals surface area contributed by atoms with E-state index in [-0.39, 0.29) is 22.7 Å². The molecule has 1 atom stereocenters. The number of hydrogen-bond donors (Lipinski definition) is 0. The largest absolute Gasteiger partial charge is 0.379 e. The van der Waals surface area contributed by atoms with E-state index in [4.69, 9.17) is 4.74 Å². The molecule has 2 aromatic carbocycles. The number of morpholine rings is 1. The van der Waals surface area contributed by atoms with Gasteiger partial charge in [-0.3, -0.25) is 4.79 Å². The number of amides is 1. The van der Waals surface area contributed by atoms with Gasteiger partial charge in [-0.25, -0.2) is 12.8 Å². The van der Waals surface area contributed by atoms with Crippen molar-refractivity contribution in [3.8, 4) is 0 Å². The van der Waals surface area contributed by atoms with Crippen molar-refractivity contribution in [2.45, 2.75) is 24.3 Å². The lowest BCUT2D eigenvalue weighted by atomic mass is 9.93. The summed E-state index contributed by atoms with van der Waals surface area (Å²) < 4.78 is 46.1. The van der Waals surface area contributed by atoms with Gasteiger partial charge in [0.2, 0.25) is 10.0 Å². The molecule has 1 fully saturated rings. The molecule has 0 saturated carbocycles. The van der Waals surface area contributed by atoms with Crippen molar-refractivity contribution in [3.05, 3.63) is 65.0 Å². The number of halogens is 1. The first-order chi connectivity index (χ1) is 13.9. The number of hydrogen-bond acceptors (Lipinski definition) is 4. The van der Waals surface area contributed by atoms with Gasteiger partial charge in [-0.05, 0) is 54.8 Å². The third-order valence-electron chi connectivity index (χ3n) is 5.60. The maximum Gasteiger partial charge on any atom is 0.254 e. The molecule has 0 bridgehead atoms. The van der Waals surface area contributed by atoms with Crippen LogP contribution < -0.4 is 0 Å². The van der Waals surface area contributed by atoms with Gasteiger partial charge in [0.1, 0.15) is 5.82 Å². The van der Waals surface area contributed by atoms with Crippen LogP contribution in [0.3, 0.4) is 0 Å². The first-order valence-electron chi connectivity index (χ1n) is 9.65. The summed E-state index contributed by atoms with van der Waals surface area (Å²) in [5, 5.41) is 0. The van der Waals surface area contributed by atoms with Crippen LogP contribution in [0.5, 0.6) is 0 Å². The van der Waals surface area contributed by atoms with Crippen LogP contribution in [0.25, 0.3) is 0 Å². The monoisotopic (exact) mass is 418 g/mol. The maximum atomic E-state index is 13.7. The third kappa shape index (κ3) is 3.80. The van der Waals surface area contributed by atoms with Crippen LogP contribution >= 0.6 is 0 Å². The van der Waals surface area contributed by atoms with Crippen LogP contribution in [0.4, 0.5) is 4.39 Å². The Labute approximate surface area is 169 Å². The number of carbonyl (C=O) groups excluding carboxylic acids is 1. The lowest BCUT2D eigenvalue weighted by Gasteiger charge is -2.35. The Morgan fingerprint density at radius 3 is 2.62 bits per heavy atom. The minimum atomic E-state index is -3.68. The van der Waals surface area contributed by atoms with E-state index in [0.29, 0.717) is 44.8 Å². The lowest BCUT2D eigenvalue weighted by Crippen LogP contribution is -2.41. The molecular weight excluding hydrogens is 395 g/mol. The summed E-state index contributed by atoms with van der Waals surface area (Å²) in [5.41, 5.74) is 2.14. The van der Waals surface area contributed by atoms with E-state index in [1.54, 1.807) is 23.1 Å². The summed E-state index contributed by atoms with van der Waals surface area (Å²) in [7, 11) is -3.68. The van der Waals surface area contributed by atoms with Gasteiger partial charge < -0.3 is 9.64 Å². The number of nitrogens with zero attached hydrogens (tertiary/aromatic N) is 2. The summed E-state index contributed by atoms with van der Waals surface area (Å²) in [5.74, 6) is -0.588. The van der Waals surface area contributed by atoms with Crippen LogP contribution in [-0.4, -0.2) is 56.4 Å². The second-order valence-corrected chi connectivity index (χ2v) is 9.25. The predicted octanol–water partition coefficient (Wildman–Crippen LogP) is 2.61. The topological polar surface area (TPSA) is 66.9 Å². The Morgan fingerprint density at radius 1 is 1.10 bits per heavy atom. The Kier molecular flexibility index (Phi) is 5.42. The molecule has 1 unspecified atom stereocenters. The first kappa shape index (κ1) is 20.0. The molecule has 29 heavy (non-hydrogen) atoms. The van der Waals surface area contributed by atoms with Gasteiger partial charge in [0.05, 0.1) is 24.2 Å². The molecule has 2 aliphatic heterocycles. The fourth-order valence-corrected chi connectivity index (χ4v) is 5.41. The summed E-state index contributed by atoms with van der Waals surface area (Å²) in [6.45, 7) is 3.68. The van der Waals surface area contributed by atoms with Crippen molar-refractivity contribution >= 4 is 15.9 Å². The van der Waals surface area contributed by atoms with Crippen LogP contribution in [0.1, 0.15) is 34.5 Å². The molecule has 4 rings (SSSR count). The zero-order chi connectivity index (χ0) is 20.6. The van der Waals surface area contributed by atoms with Crippen LogP contribution in [0, 0.1) is 5.82 Å². The van der Waals surface area contributed by atoms with Crippen molar-refractivity contribution in [1.29, 1.82) is 0 Å². The predicted molar refractivity (Wildman–Crippen MR) is 106 cm³/mol. The number of rotatable bonds is 3. The van der Waals surface area contributed by atoms with Crippen molar-refractivity contribution in [2.24, 2.45) is 0 Å². The quantitative estimate of drug-likeness (QED) is 0.769. The Morgan fingerprint density at radius 2 is 1.86 bits per heavy atom. The summed E-state index contributed by atoms with van der Waals surface area (Å²) in [4.78, 5) is 14.9. The minimum Gasteiger partial charge on any atom is -0.379 e. The summed E-state index contributed by atoms with van der Waals surface area (Å²) >= 11 is 0. The van der Waals surface area contributed by atoms with Gasteiger partial charge in [0.15, 0.2) is 0 Å². The number of ether oxygens (including phenoxy) is 1. The van der Waals surface area contributed by atoms with Gasteiger partial charge in [0, 0.05) is 25.2 Å². The highest BCUT2D eigenvalue weighted by Gasteiger charge is 2.30. The summed E-state index contributed by atoms with van der Waals surface area (Å²) in [6.07, 6.45) is 0.636. The highest BCUT2D eigenvalue weighted by molar-refractivity contribution is 7.89. The molecule has 0 aromatic heterocycles. The van der Waals surface area contributed by atoms with Crippen molar-refractivity contribution < 1.29 is 22.3 Å². The van der Waals surface area contributed by atoms with Crippen LogP contribution in [0.15, 0.2) is 47.4 Å². The molecule has 1 saturated heterocycles.